The minimum Gasteiger partial charge on any atom is -0.385 e. The molecule has 0 fully saturated rings. The summed E-state index contributed by atoms with van der Waals surface area (Å²) in [5.74, 6) is 0. The molecule has 0 amide bonds. The van der Waals surface area contributed by atoms with Crippen LogP contribution in [0.2, 0.25) is 0 Å². The van der Waals surface area contributed by atoms with Crippen LogP contribution in [0.3, 0.4) is 0 Å². The van der Waals surface area contributed by atoms with Gasteiger partial charge in [0.25, 0.3) is 0 Å². The minimum atomic E-state index is -0.658. The molecule has 0 aromatic heterocycles. The molecule has 0 aliphatic heterocycles. The quantitative estimate of drug-likeness (QED) is 0.809. The molecule has 0 saturated heterocycles. The molecule has 1 aromatic rings. The van der Waals surface area contributed by atoms with Gasteiger partial charge in [-0.3, -0.25) is 0 Å². The lowest BCUT2D eigenvalue weighted by Gasteiger charge is -2.30. The van der Waals surface area contributed by atoms with Crippen molar-refractivity contribution in [1.29, 1.82) is 0 Å². The Morgan fingerprint density at radius 1 is 1.00 bits per heavy atom. The number of hydrogen-bond donors (Lipinski definition) is 1. The Hall–Kier alpha value is -0.820. The van der Waals surface area contributed by atoms with Crippen molar-refractivity contribution in [1.82, 2.24) is 0 Å². The van der Waals surface area contributed by atoms with Gasteiger partial charge in [-0.05, 0) is 30.2 Å². The number of aliphatic hydroxyl groups is 1. The molecule has 1 aromatic carbocycles. The molecule has 0 radical (unpaired) electrons. The fourth-order valence-electron chi connectivity index (χ4n) is 1.86. The molecule has 0 bridgehead atoms. The lowest BCUT2D eigenvalue weighted by molar-refractivity contribution is 0.0128. The zero-order valence-electron chi connectivity index (χ0n) is 11.0. The van der Waals surface area contributed by atoms with Gasteiger partial charge in [0.05, 0.1) is 5.60 Å². The summed E-state index contributed by atoms with van der Waals surface area (Å²) in [6, 6.07) is 10.0. The van der Waals surface area contributed by atoms with Gasteiger partial charge >= 0.3 is 0 Å². The molecule has 1 atom stereocenters. The summed E-state index contributed by atoms with van der Waals surface area (Å²) >= 11 is 0. The van der Waals surface area contributed by atoms with Gasteiger partial charge in [0.15, 0.2) is 0 Å². The first kappa shape index (κ1) is 13.2. The van der Waals surface area contributed by atoms with E-state index in [0.29, 0.717) is 0 Å². The summed E-state index contributed by atoms with van der Waals surface area (Å²) in [5, 5.41) is 10.7. The average Bonchev–Trinajstić information content (AvgIpc) is 2.26. The van der Waals surface area contributed by atoms with E-state index >= 15 is 0 Å². The summed E-state index contributed by atoms with van der Waals surface area (Å²) in [4.78, 5) is 0. The number of benzene rings is 1. The lowest BCUT2D eigenvalue weighted by Crippen LogP contribution is -2.26. The molecular weight excluding hydrogens is 196 g/mol. The van der Waals surface area contributed by atoms with E-state index in [1.54, 1.807) is 0 Å². The minimum absolute atomic E-state index is 0.276. The van der Waals surface area contributed by atoms with E-state index in [2.05, 4.69) is 27.7 Å². The largest absolute Gasteiger partial charge is 0.385 e. The number of rotatable bonds is 4. The van der Waals surface area contributed by atoms with Gasteiger partial charge in [0.2, 0.25) is 0 Å². The molecule has 1 nitrogen and oxygen atoms in total. The summed E-state index contributed by atoms with van der Waals surface area (Å²) in [6.07, 6.45) is 2.64. The summed E-state index contributed by atoms with van der Waals surface area (Å²) in [6.45, 7) is 8.70. The second kappa shape index (κ2) is 5.01. The van der Waals surface area contributed by atoms with Crippen LogP contribution in [0.25, 0.3) is 0 Å². The predicted octanol–water partition coefficient (Wildman–Crippen LogP) is 4.11. The summed E-state index contributed by atoms with van der Waals surface area (Å²) in [5.41, 5.74) is 0.661. The van der Waals surface area contributed by atoms with Gasteiger partial charge in [0.1, 0.15) is 0 Å². The van der Waals surface area contributed by atoms with Crippen molar-refractivity contribution >= 4 is 0 Å². The van der Waals surface area contributed by atoms with Gasteiger partial charge in [-0.1, -0.05) is 58.0 Å². The fraction of sp³-hybridized carbons (Fsp3) is 0.600. The predicted molar refractivity (Wildman–Crippen MR) is 69.3 cm³/mol. The van der Waals surface area contributed by atoms with Crippen molar-refractivity contribution in [2.75, 3.05) is 0 Å². The highest BCUT2D eigenvalue weighted by Gasteiger charge is 2.28. The maximum Gasteiger partial charge on any atom is 0.0894 e. The van der Waals surface area contributed by atoms with E-state index in [1.807, 2.05) is 30.3 Å². The van der Waals surface area contributed by atoms with E-state index in [4.69, 9.17) is 0 Å². The Morgan fingerprint density at radius 2 is 1.56 bits per heavy atom. The van der Waals surface area contributed by atoms with Crippen LogP contribution in [0.5, 0.6) is 0 Å². The zero-order valence-corrected chi connectivity index (χ0v) is 11.0. The standard InChI is InChI=1S/C15H24O/c1-5-15(16,12-11-14(2,3)4)13-9-7-6-8-10-13/h6-10,16H,5,11-12H2,1-4H3. The normalized spacial score (nSPS) is 15.8. The third kappa shape index (κ3) is 3.64. The van der Waals surface area contributed by atoms with Crippen LogP contribution in [0, 0.1) is 5.41 Å². The first-order chi connectivity index (χ1) is 7.37. The van der Waals surface area contributed by atoms with Crippen LogP contribution < -0.4 is 0 Å². The van der Waals surface area contributed by atoms with Crippen LogP contribution in [0.4, 0.5) is 0 Å². The molecule has 1 heteroatoms. The van der Waals surface area contributed by atoms with Crippen molar-refractivity contribution in [2.45, 2.75) is 52.6 Å². The van der Waals surface area contributed by atoms with Crippen molar-refractivity contribution in [3.8, 4) is 0 Å². The van der Waals surface area contributed by atoms with Crippen LogP contribution in [-0.2, 0) is 5.60 Å². The molecule has 1 rings (SSSR count). The first-order valence-corrected chi connectivity index (χ1v) is 6.15. The molecular formula is C15H24O. The van der Waals surface area contributed by atoms with Crippen LogP contribution in [0.15, 0.2) is 30.3 Å². The van der Waals surface area contributed by atoms with Crippen molar-refractivity contribution in [3.05, 3.63) is 35.9 Å². The Balaban J connectivity index is 2.79. The van der Waals surface area contributed by atoms with Crippen molar-refractivity contribution in [3.63, 3.8) is 0 Å². The Kier molecular flexibility index (Phi) is 4.15. The van der Waals surface area contributed by atoms with E-state index in [1.165, 1.54) is 0 Å². The smallest absolute Gasteiger partial charge is 0.0894 e. The van der Waals surface area contributed by atoms with Crippen LogP contribution >= 0.6 is 0 Å². The molecule has 1 N–H and O–H groups in total. The SMILES string of the molecule is CCC(O)(CCC(C)(C)C)c1ccccc1. The van der Waals surface area contributed by atoms with Gasteiger partial charge in [0, 0.05) is 0 Å². The third-order valence-electron chi connectivity index (χ3n) is 3.18. The van der Waals surface area contributed by atoms with E-state index in [0.717, 1.165) is 24.8 Å². The summed E-state index contributed by atoms with van der Waals surface area (Å²) in [7, 11) is 0. The maximum absolute atomic E-state index is 10.7. The second-order valence-electron chi connectivity index (χ2n) is 5.81. The Morgan fingerprint density at radius 3 is 2.00 bits per heavy atom. The third-order valence-corrected chi connectivity index (χ3v) is 3.18. The van der Waals surface area contributed by atoms with Crippen LogP contribution in [0.1, 0.15) is 52.5 Å². The summed E-state index contributed by atoms with van der Waals surface area (Å²) < 4.78 is 0. The highest BCUT2D eigenvalue weighted by atomic mass is 16.3. The second-order valence-corrected chi connectivity index (χ2v) is 5.81. The van der Waals surface area contributed by atoms with Crippen LogP contribution in [-0.4, -0.2) is 5.11 Å². The van der Waals surface area contributed by atoms with Gasteiger partial charge in [-0.2, -0.15) is 0 Å². The Labute approximate surface area is 99.5 Å². The van der Waals surface area contributed by atoms with Crippen molar-refractivity contribution in [2.24, 2.45) is 5.41 Å². The van der Waals surface area contributed by atoms with Gasteiger partial charge in [-0.15, -0.1) is 0 Å². The molecule has 1 unspecified atom stereocenters. The fourth-order valence-corrected chi connectivity index (χ4v) is 1.86. The maximum atomic E-state index is 10.7. The van der Waals surface area contributed by atoms with Crippen molar-refractivity contribution < 1.29 is 5.11 Å². The van der Waals surface area contributed by atoms with Gasteiger partial charge in [-0.25, -0.2) is 0 Å². The molecule has 0 spiro atoms. The monoisotopic (exact) mass is 220 g/mol. The van der Waals surface area contributed by atoms with Gasteiger partial charge < -0.3 is 5.11 Å². The topological polar surface area (TPSA) is 20.2 Å². The molecule has 16 heavy (non-hydrogen) atoms. The lowest BCUT2D eigenvalue weighted by atomic mass is 9.80. The molecule has 0 heterocycles. The molecule has 0 aliphatic rings. The number of hydrogen-bond acceptors (Lipinski definition) is 1. The molecule has 0 aliphatic carbocycles. The van der Waals surface area contributed by atoms with E-state index in [9.17, 15) is 5.11 Å². The highest BCUT2D eigenvalue weighted by Crippen LogP contribution is 2.34. The highest BCUT2D eigenvalue weighted by molar-refractivity contribution is 5.22. The van der Waals surface area contributed by atoms with E-state index < -0.39 is 5.60 Å². The van der Waals surface area contributed by atoms with E-state index in [-0.39, 0.29) is 5.41 Å². The Bertz CT molecular complexity index is 310. The average molecular weight is 220 g/mol. The first-order valence-electron chi connectivity index (χ1n) is 6.15. The zero-order chi connectivity index (χ0) is 12.2. The molecule has 90 valence electrons. The molecule has 0 saturated carbocycles.